The first-order chi connectivity index (χ1) is 9.20. The minimum Gasteiger partial charge on any atom is -0.340 e. The van der Waals surface area contributed by atoms with Gasteiger partial charge in [0, 0.05) is 29.9 Å². The Balaban J connectivity index is 2.30. The number of fused-ring (bicyclic) bond motifs is 1. The van der Waals surface area contributed by atoms with E-state index in [0.717, 1.165) is 0 Å². The SMILES string of the molecule is N#Cc1c(-n2cccc2)[nH]c2cc([N+](=O)[O-])ccc12. The molecule has 0 saturated carbocycles. The van der Waals surface area contributed by atoms with Crippen LogP contribution in [0.25, 0.3) is 16.7 Å². The molecule has 0 spiro atoms. The van der Waals surface area contributed by atoms with Crippen LogP contribution in [-0.2, 0) is 0 Å². The number of nitrogens with one attached hydrogen (secondary N) is 1. The number of non-ortho nitro benzene ring substituents is 1. The van der Waals surface area contributed by atoms with Gasteiger partial charge in [0.15, 0.2) is 0 Å². The Morgan fingerprint density at radius 2 is 2.05 bits per heavy atom. The van der Waals surface area contributed by atoms with Crippen molar-refractivity contribution in [3.05, 3.63) is 58.4 Å². The van der Waals surface area contributed by atoms with Gasteiger partial charge in [0.25, 0.3) is 5.69 Å². The molecule has 2 aromatic heterocycles. The molecule has 0 amide bonds. The molecule has 2 heterocycles. The maximum absolute atomic E-state index is 10.8. The minimum absolute atomic E-state index is 0.00250. The molecule has 0 aliphatic carbocycles. The fraction of sp³-hybridized carbons (Fsp3) is 0. The number of nitro benzene ring substituents is 1. The van der Waals surface area contributed by atoms with Crippen LogP contribution in [0.1, 0.15) is 5.56 Å². The molecule has 92 valence electrons. The molecule has 1 N–H and O–H groups in total. The Labute approximate surface area is 107 Å². The van der Waals surface area contributed by atoms with Gasteiger partial charge < -0.3 is 9.55 Å². The second kappa shape index (κ2) is 3.99. The second-order valence-electron chi connectivity index (χ2n) is 4.04. The normalized spacial score (nSPS) is 10.5. The van der Waals surface area contributed by atoms with E-state index in [1.165, 1.54) is 12.1 Å². The summed E-state index contributed by atoms with van der Waals surface area (Å²) in [7, 11) is 0. The van der Waals surface area contributed by atoms with Crippen molar-refractivity contribution in [2.24, 2.45) is 0 Å². The average molecular weight is 252 g/mol. The summed E-state index contributed by atoms with van der Waals surface area (Å²) in [5, 5.41) is 20.7. The molecular weight excluding hydrogens is 244 g/mol. The van der Waals surface area contributed by atoms with E-state index < -0.39 is 4.92 Å². The maximum Gasteiger partial charge on any atom is 0.271 e. The molecule has 6 nitrogen and oxygen atoms in total. The van der Waals surface area contributed by atoms with Crippen LogP contribution in [0.3, 0.4) is 0 Å². The lowest BCUT2D eigenvalue weighted by molar-refractivity contribution is -0.384. The first kappa shape index (κ1) is 11.0. The molecule has 3 aromatic rings. The van der Waals surface area contributed by atoms with E-state index in [-0.39, 0.29) is 5.69 Å². The van der Waals surface area contributed by atoms with Crippen molar-refractivity contribution in [3.8, 4) is 11.9 Å². The first-order valence-corrected chi connectivity index (χ1v) is 5.54. The topological polar surface area (TPSA) is 87.7 Å². The lowest BCUT2D eigenvalue weighted by atomic mass is 10.1. The van der Waals surface area contributed by atoms with E-state index in [9.17, 15) is 15.4 Å². The fourth-order valence-electron chi connectivity index (χ4n) is 2.08. The van der Waals surface area contributed by atoms with Crippen LogP contribution in [0.15, 0.2) is 42.7 Å². The zero-order chi connectivity index (χ0) is 13.4. The number of H-pyrrole nitrogens is 1. The van der Waals surface area contributed by atoms with Crippen molar-refractivity contribution in [3.63, 3.8) is 0 Å². The third kappa shape index (κ3) is 1.65. The van der Waals surface area contributed by atoms with E-state index in [1.807, 2.05) is 12.1 Å². The van der Waals surface area contributed by atoms with E-state index in [1.54, 1.807) is 23.0 Å². The molecule has 6 heteroatoms. The quantitative estimate of drug-likeness (QED) is 0.561. The summed E-state index contributed by atoms with van der Waals surface area (Å²) in [6, 6.07) is 10.2. The van der Waals surface area contributed by atoms with E-state index in [0.29, 0.717) is 22.3 Å². The van der Waals surface area contributed by atoms with Crippen LogP contribution in [0.2, 0.25) is 0 Å². The van der Waals surface area contributed by atoms with Crippen molar-refractivity contribution in [2.45, 2.75) is 0 Å². The highest BCUT2D eigenvalue weighted by atomic mass is 16.6. The van der Waals surface area contributed by atoms with Gasteiger partial charge in [0.2, 0.25) is 0 Å². The van der Waals surface area contributed by atoms with Crippen molar-refractivity contribution in [1.29, 1.82) is 5.26 Å². The van der Waals surface area contributed by atoms with Crippen molar-refractivity contribution in [1.82, 2.24) is 9.55 Å². The van der Waals surface area contributed by atoms with Crippen LogP contribution in [-0.4, -0.2) is 14.5 Å². The fourth-order valence-corrected chi connectivity index (χ4v) is 2.08. The Bertz CT molecular complexity index is 809. The molecule has 0 fully saturated rings. The van der Waals surface area contributed by atoms with E-state index in [4.69, 9.17) is 0 Å². The molecule has 0 radical (unpaired) electrons. The standard InChI is InChI=1S/C13H8N4O2/c14-8-11-10-4-3-9(17(18)19)7-12(10)15-13(11)16-5-1-2-6-16/h1-7,15H. The Hall–Kier alpha value is -3.07. The average Bonchev–Trinajstić information content (AvgIpc) is 3.04. The molecule has 0 saturated heterocycles. The highest BCUT2D eigenvalue weighted by Gasteiger charge is 2.15. The van der Waals surface area contributed by atoms with Crippen LogP contribution in [0, 0.1) is 21.4 Å². The van der Waals surface area contributed by atoms with Crippen molar-refractivity contribution >= 4 is 16.6 Å². The van der Waals surface area contributed by atoms with Gasteiger partial charge in [-0.1, -0.05) is 0 Å². The summed E-state index contributed by atoms with van der Waals surface area (Å²) >= 11 is 0. The van der Waals surface area contributed by atoms with E-state index in [2.05, 4.69) is 11.1 Å². The third-order valence-electron chi connectivity index (χ3n) is 2.95. The Kier molecular flexibility index (Phi) is 2.32. The Morgan fingerprint density at radius 3 is 2.68 bits per heavy atom. The number of nitrogens with zero attached hydrogens (tertiary/aromatic N) is 3. The largest absolute Gasteiger partial charge is 0.340 e. The van der Waals surface area contributed by atoms with Crippen LogP contribution >= 0.6 is 0 Å². The highest BCUT2D eigenvalue weighted by molar-refractivity contribution is 5.91. The van der Waals surface area contributed by atoms with Crippen molar-refractivity contribution in [2.75, 3.05) is 0 Å². The van der Waals surface area contributed by atoms with Crippen molar-refractivity contribution < 1.29 is 4.92 Å². The lowest BCUT2D eigenvalue weighted by Gasteiger charge is -1.98. The number of hydrogen-bond acceptors (Lipinski definition) is 3. The number of hydrogen-bond donors (Lipinski definition) is 1. The smallest absolute Gasteiger partial charge is 0.271 e. The van der Waals surface area contributed by atoms with Gasteiger partial charge in [0.05, 0.1) is 10.4 Å². The maximum atomic E-state index is 10.8. The third-order valence-corrected chi connectivity index (χ3v) is 2.95. The molecule has 1 aromatic carbocycles. The lowest BCUT2D eigenvalue weighted by Crippen LogP contribution is -1.92. The predicted molar refractivity (Wildman–Crippen MR) is 69.0 cm³/mol. The summed E-state index contributed by atoms with van der Waals surface area (Å²) in [6.07, 6.45) is 3.61. The van der Waals surface area contributed by atoms with Gasteiger partial charge in [-0.2, -0.15) is 5.26 Å². The molecule has 3 rings (SSSR count). The van der Waals surface area contributed by atoms with E-state index >= 15 is 0 Å². The molecule has 19 heavy (non-hydrogen) atoms. The van der Waals surface area contributed by atoms with Gasteiger partial charge in [-0.3, -0.25) is 10.1 Å². The van der Waals surface area contributed by atoms with Gasteiger partial charge in [-0.25, -0.2) is 0 Å². The zero-order valence-corrected chi connectivity index (χ0v) is 9.70. The molecular formula is C13H8N4O2. The Morgan fingerprint density at radius 1 is 1.32 bits per heavy atom. The number of nitriles is 1. The van der Waals surface area contributed by atoms with Crippen LogP contribution in [0.5, 0.6) is 0 Å². The number of aromatic nitrogens is 2. The van der Waals surface area contributed by atoms with Crippen LogP contribution in [0.4, 0.5) is 5.69 Å². The number of aromatic amines is 1. The molecule has 0 aliphatic rings. The molecule has 0 unspecified atom stereocenters. The summed E-state index contributed by atoms with van der Waals surface area (Å²) < 4.78 is 1.77. The monoisotopic (exact) mass is 252 g/mol. The summed E-state index contributed by atoms with van der Waals surface area (Å²) in [6.45, 7) is 0. The van der Waals surface area contributed by atoms with Gasteiger partial charge in [0.1, 0.15) is 17.5 Å². The molecule has 0 aliphatic heterocycles. The van der Waals surface area contributed by atoms with Crippen LogP contribution < -0.4 is 0 Å². The summed E-state index contributed by atoms with van der Waals surface area (Å²) in [5.74, 6) is 0.614. The first-order valence-electron chi connectivity index (χ1n) is 5.54. The highest BCUT2D eigenvalue weighted by Crippen LogP contribution is 2.27. The van der Waals surface area contributed by atoms with Gasteiger partial charge >= 0.3 is 0 Å². The molecule has 0 atom stereocenters. The number of rotatable bonds is 2. The second-order valence-corrected chi connectivity index (χ2v) is 4.04. The summed E-state index contributed by atoms with van der Waals surface area (Å²) in [5.41, 5.74) is 1.05. The van der Waals surface area contributed by atoms with Gasteiger partial charge in [-0.05, 0) is 18.2 Å². The zero-order valence-electron chi connectivity index (χ0n) is 9.70. The minimum atomic E-state index is -0.457. The number of nitro groups is 1. The summed E-state index contributed by atoms with van der Waals surface area (Å²) in [4.78, 5) is 13.3. The predicted octanol–water partition coefficient (Wildman–Crippen LogP) is 2.74. The van der Waals surface area contributed by atoms with Gasteiger partial charge in [-0.15, -0.1) is 0 Å². The number of benzene rings is 1. The molecule has 0 bridgehead atoms.